The van der Waals surface area contributed by atoms with Gasteiger partial charge in [0, 0.05) is 12.3 Å². The molecule has 0 heterocycles. The quantitative estimate of drug-likeness (QED) is 0.608. The summed E-state index contributed by atoms with van der Waals surface area (Å²) in [6.45, 7) is 4.89. The van der Waals surface area contributed by atoms with Crippen LogP contribution in [0.2, 0.25) is 0 Å². The number of fused-ring (bicyclic) bond motifs is 4. The second-order valence-electron chi connectivity index (χ2n) is 8.03. The van der Waals surface area contributed by atoms with Crippen LogP contribution in [0.25, 0.3) is 0 Å². The maximum absolute atomic E-state index is 12.1. The lowest BCUT2D eigenvalue weighted by atomic mass is 9.69. The Morgan fingerprint density at radius 1 is 1.19 bits per heavy atom. The summed E-state index contributed by atoms with van der Waals surface area (Å²) in [6, 6.07) is 0. The van der Waals surface area contributed by atoms with Crippen molar-refractivity contribution in [3.05, 3.63) is 0 Å². The highest BCUT2D eigenvalue weighted by molar-refractivity contribution is 5.91. The first-order chi connectivity index (χ1) is 7.52. The molecule has 2 unspecified atom stereocenters. The van der Waals surface area contributed by atoms with Gasteiger partial charge in [-0.3, -0.25) is 4.79 Å². The molecular formula is C15H20O. The summed E-state index contributed by atoms with van der Waals surface area (Å²) in [6.07, 6.45) is 6.87. The van der Waals surface area contributed by atoms with E-state index in [1.807, 2.05) is 0 Å². The second-order valence-corrected chi connectivity index (χ2v) is 8.03. The number of hydrogen-bond donors (Lipinski definition) is 0. The van der Waals surface area contributed by atoms with Crippen LogP contribution in [-0.4, -0.2) is 5.78 Å². The summed E-state index contributed by atoms with van der Waals surface area (Å²) in [5, 5.41) is 0. The molecule has 1 spiro atoms. The van der Waals surface area contributed by atoms with Gasteiger partial charge in [-0.1, -0.05) is 13.8 Å². The second kappa shape index (κ2) is 1.93. The van der Waals surface area contributed by atoms with Gasteiger partial charge in [0.05, 0.1) is 0 Å². The summed E-state index contributed by atoms with van der Waals surface area (Å²) >= 11 is 0. The normalized spacial score (nSPS) is 67.2. The van der Waals surface area contributed by atoms with Crippen LogP contribution in [-0.2, 0) is 4.79 Å². The molecule has 6 atom stereocenters. The number of rotatable bonds is 0. The van der Waals surface area contributed by atoms with Crippen molar-refractivity contribution in [3.8, 4) is 0 Å². The smallest absolute Gasteiger partial charge is 0.137 e. The molecule has 0 aromatic heterocycles. The van der Waals surface area contributed by atoms with Gasteiger partial charge in [0.15, 0.2) is 0 Å². The van der Waals surface area contributed by atoms with Gasteiger partial charge < -0.3 is 0 Å². The van der Waals surface area contributed by atoms with Gasteiger partial charge >= 0.3 is 0 Å². The van der Waals surface area contributed by atoms with Crippen LogP contribution in [0, 0.1) is 39.9 Å². The molecule has 0 saturated heterocycles. The Morgan fingerprint density at radius 2 is 1.94 bits per heavy atom. The fraction of sp³-hybridized carbons (Fsp3) is 0.933. The minimum absolute atomic E-state index is 0.399. The lowest BCUT2D eigenvalue weighted by Crippen LogP contribution is -2.29. The summed E-state index contributed by atoms with van der Waals surface area (Å²) in [4.78, 5) is 12.1. The van der Waals surface area contributed by atoms with Crippen molar-refractivity contribution in [2.45, 2.75) is 46.0 Å². The molecule has 5 aliphatic carbocycles. The van der Waals surface area contributed by atoms with Crippen LogP contribution >= 0.6 is 0 Å². The maximum Gasteiger partial charge on any atom is 0.137 e. The molecule has 5 fully saturated rings. The van der Waals surface area contributed by atoms with E-state index in [1.165, 1.54) is 25.7 Å². The van der Waals surface area contributed by atoms with Gasteiger partial charge in [-0.25, -0.2) is 0 Å². The molecule has 0 radical (unpaired) electrons. The van der Waals surface area contributed by atoms with E-state index in [4.69, 9.17) is 0 Å². The minimum atomic E-state index is 0.399. The van der Waals surface area contributed by atoms with Crippen molar-refractivity contribution >= 4 is 5.78 Å². The molecule has 0 bridgehead atoms. The topological polar surface area (TPSA) is 17.1 Å². The highest BCUT2D eigenvalue weighted by Crippen LogP contribution is 2.89. The van der Waals surface area contributed by atoms with Crippen molar-refractivity contribution in [2.24, 2.45) is 39.9 Å². The van der Waals surface area contributed by atoms with Crippen molar-refractivity contribution in [3.63, 3.8) is 0 Å². The van der Waals surface area contributed by atoms with E-state index < -0.39 is 0 Å². The Morgan fingerprint density at radius 3 is 2.62 bits per heavy atom. The van der Waals surface area contributed by atoms with Gasteiger partial charge in [0.25, 0.3) is 0 Å². The van der Waals surface area contributed by atoms with Crippen LogP contribution < -0.4 is 0 Å². The summed E-state index contributed by atoms with van der Waals surface area (Å²) in [5.74, 6) is 3.77. The third kappa shape index (κ3) is 0.596. The van der Waals surface area contributed by atoms with Gasteiger partial charge in [0.2, 0.25) is 0 Å². The third-order valence-electron chi connectivity index (χ3n) is 7.78. The molecule has 0 aliphatic heterocycles. The number of hydrogen-bond acceptors (Lipinski definition) is 1. The average molecular weight is 216 g/mol. The third-order valence-corrected chi connectivity index (χ3v) is 7.78. The van der Waals surface area contributed by atoms with E-state index in [2.05, 4.69) is 13.8 Å². The zero-order chi connectivity index (χ0) is 10.9. The molecule has 0 aromatic rings. The fourth-order valence-corrected chi connectivity index (χ4v) is 6.71. The highest BCUT2D eigenvalue weighted by Gasteiger charge is 2.87. The van der Waals surface area contributed by atoms with E-state index in [0.717, 1.165) is 29.6 Å². The molecule has 5 aliphatic rings. The highest BCUT2D eigenvalue weighted by atomic mass is 16.1. The lowest BCUT2D eigenvalue weighted by molar-refractivity contribution is -0.120. The lowest BCUT2D eigenvalue weighted by Gasteiger charge is -2.35. The van der Waals surface area contributed by atoms with Gasteiger partial charge in [-0.05, 0) is 59.7 Å². The molecule has 0 amide bonds. The standard InChI is InChI=1S/C15H20O/c1-13-7-10(16)12-11(14(12,13)2)8-5-15(3-4-15)6-9(8)13/h8-9,11-12H,3-7H2,1-2H3/t8-,9+,11?,12?,13-,14-/m1/s1. The SMILES string of the molecule is C[C@@]12C3C(=O)C[C@]1(C)[C@H]1CC4(CC4)C[C@H]1C32. The van der Waals surface area contributed by atoms with Crippen molar-refractivity contribution in [1.82, 2.24) is 0 Å². The number of carbonyl (C=O) groups is 1. The predicted octanol–water partition coefficient (Wildman–Crippen LogP) is 3.04. The Labute approximate surface area is 97.0 Å². The molecule has 0 N–H and O–H groups in total. The number of Topliss-reactive ketones (excluding diaryl/α,β-unsaturated/α-hetero) is 1. The molecule has 16 heavy (non-hydrogen) atoms. The molecule has 0 aromatic carbocycles. The van der Waals surface area contributed by atoms with Gasteiger partial charge in [-0.2, -0.15) is 0 Å². The molecule has 1 heteroatoms. The van der Waals surface area contributed by atoms with Crippen LogP contribution in [0.1, 0.15) is 46.0 Å². The van der Waals surface area contributed by atoms with Gasteiger partial charge in [-0.15, -0.1) is 0 Å². The van der Waals surface area contributed by atoms with Crippen molar-refractivity contribution < 1.29 is 4.79 Å². The zero-order valence-electron chi connectivity index (χ0n) is 10.3. The Bertz CT molecular complexity index is 435. The largest absolute Gasteiger partial charge is 0.299 e. The Hall–Kier alpha value is -0.330. The first kappa shape index (κ1) is 8.72. The molecular weight excluding hydrogens is 196 g/mol. The Kier molecular flexibility index (Phi) is 1.05. The monoisotopic (exact) mass is 216 g/mol. The van der Waals surface area contributed by atoms with Gasteiger partial charge in [0.1, 0.15) is 5.78 Å². The first-order valence-corrected chi connectivity index (χ1v) is 7.05. The molecule has 1 nitrogen and oxygen atoms in total. The maximum atomic E-state index is 12.1. The zero-order valence-corrected chi connectivity index (χ0v) is 10.3. The van der Waals surface area contributed by atoms with Crippen LogP contribution in [0.4, 0.5) is 0 Å². The van der Waals surface area contributed by atoms with E-state index in [9.17, 15) is 4.79 Å². The molecule has 5 rings (SSSR count). The van der Waals surface area contributed by atoms with Crippen LogP contribution in [0.5, 0.6) is 0 Å². The van der Waals surface area contributed by atoms with Crippen molar-refractivity contribution in [2.75, 3.05) is 0 Å². The summed E-state index contributed by atoms with van der Waals surface area (Å²) < 4.78 is 0. The van der Waals surface area contributed by atoms with Crippen molar-refractivity contribution in [1.29, 1.82) is 0 Å². The molecule has 5 saturated carbocycles. The van der Waals surface area contributed by atoms with E-state index in [-0.39, 0.29) is 0 Å². The fourth-order valence-electron chi connectivity index (χ4n) is 6.71. The Balaban J connectivity index is 1.66. The summed E-state index contributed by atoms with van der Waals surface area (Å²) in [5.41, 5.74) is 1.62. The number of ketones is 1. The van der Waals surface area contributed by atoms with Crippen LogP contribution in [0.15, 0.2) is 0 Å². The molecule has 86 valence electrons. The minimum Gasteiger partial charge on any atom is -0.299 e. The predicted molar refractivity (Wildman–Crippen MR) is 60.7 cm³/mol. The van der Waals surface area contributed by atoms with E-state index >= 15 is 0 Å². The van der Waals surface area contributed by atoms with E-state index in [1.54, 1.807) is 0 Å². The summed E-state index contributed by atoms with van der Waals surface area (Å²) in [7, 11) is 0. The van der Waals surface area contributed by atoms with E-state index in [0.29, 0.717) is 22.5 Å². The van der Waals surface area contributed by atoms with Crippen LogP contribution in [0.3, 0.4) is 0 Å². The average Bonchev–Trinajstić information content (AvgIpc) is 2.99. The number of carbonyl (C=O) groups excluding carboxylic acids is 1. The first-order valence-electron chi connectivity index (χ1n) is 7.05.